The second-order valence-electron chi connectivity index (χ2n) is 20.4. The Bertz CT molecular complexity index is 1250. The maximum absolute atomic E-state index is 6.02. The van der Waals surface area contributed by atoms with E-state index in [1.165, 1.54) is 11.4 Å². The Hall–Kier alpha value is 0.531. The second-order valence-corrected chi connectivity index (χ2v) is 61.0. The SMILES string of the molecule is C[Si](C)(C)C(c1cccc(C(P([c-]2cccc2)C([Si](C)(C)C)[Si](C)(C)C)[Si](C)(C)C)n1)P([c-]1cccc1)C([Si](C)(C)C)[Si](C)(C)C.[Fe]. The molecule has 1 heterocycles. The predicted octanol–water partition coefficient (Wildman–Crippen LogP) is 12.2. The number of hydrogen-bond acceptors (Lipinski definition) is 1. The summed E-state index contributed by atoms with van der Waals surface area (Å²) in [6.07, 6.45) is 0. The fourth-order valence-corrected chi connectivity index (χ4v) is 62.8. The molecule has 1 aromatic heterocycles. The molecule has 0 aliphatic heterocycles. The molecule has 266 valence electrons. The van der Waals surface area contributed by atoms with Gasteiger partial charge < -0.3 is 0 Å². The number of hydrogen-bond donors (Lipinski definition) is 0. The summed E-state index contributed by atoms with van der Waals surface area (Å²) in [5.74, 6) is 0. The van der Waals surface area contributed by atoms with Crippen LogP contribution in [0, 0.1) is 0 Å². The molecular weight excluding hydrogens is 745 g/mol. The fraction of sp³-hybridized carbons (Fsp3) is 0.595. The molecule has 47 heavy (non-hydrogen) atoms. The third-order valence-electron chi connectivity index (χ3n) is 9.27. The zero-order chi connectivity index (χ0) is 35.3. The topological polar surface area (TPSA) is 12.9 Å². The smallest absolute Gasteiger partial charge is 0.0583 e. The Kier molecular flexibility index (Phi) is 14.5. The van der Waals surface area contributed by atoms with Gasteiger partial charge in [-0.2, -0.15) is 24.3 Å². The predicted molar refractivity (Wildman–Crippen MR) is 235 cm³/mol. The van der Waals surface area contributed by atoms with Crippen molar-refractivity contribution in [2.75, 3.05) is 0 Å². The quantitative estimate of drug-likeness (QED) is 0.0897. The molecule has 1 nitrogen and oxygen atoms in total. The summed E-state index contributed by atoms with van der Waals surface area (Å²) in [6, 6.07) is 26.6. The Labute approximate surface area is 311 Å². The first-order valence-electron chi connectivity index (χ1n) is 17.6. The van der Waals surface area contributed by atoms with E-state index >= 15 is 0 Å². The van der Waals surface area contributed by atoms with Crippen LogP contribution >= 0.6 is 15.8 Å². The summed E-state index contributed by atoms with van der Waals surface area (Å²) in [4.78, 5) is 7.71. The fourth-order valence-electron chi connectivity index (χ4n) is 9.01. The van der Waals surface area contributed by atoms with Gasteiger partial charge in [0.05, 0.1) is 16.1 Å². The van der Waals surface area contributed by atoms with Gasteiger partial charge in [0.1, 0.15) is 0 Å². The Balaban J connectivity index is 0.00000768. The van der Waals surface area contributed by atoms with Crippen LogP contribution in [0.5, 0.6) is 0 Å². The molecule has 0 amide bonds. The zero-order valence-corrected chi connectivity index (χ0v) is 42.2. The molecule has 0 spiro atoms. The zero-order valence-electron chi connectivity index (χ0n) is 33.4. The third-order valence-corrected chi connectivity index (χ3v) is 53.6. The van der Waals surface area contributed by atoms with Crippen molar-refractivity contribution < 1.29 is 17.1 Å². The van der Waals surface area contributed by atoms with E-state index in [2.05, 4.69) is 185 Å². The molecule has 0 aliphatic rings. The van der Waals surface area contributed by atoms with Crippen molar-refractivity contribution >= 4 is 74.9 Å². The van der Waals surface area contributed by atoms with E-state index < -0.39 is 64.3 Å². The van der Waals surface area contributed by atoms with Crippen LogP contribution < -0.4 is 10.6 Å². The molecule has 0 bridgehead atoms. The van der Waals surface area contributed by atoms with Crippen LogP contribution in [0.15, 0.2) is 66.7 Å². The molecule has 3 aromatic rings. The van der Waals surface area contributed by atoms with Crippen molar-refractivity contribution in [1.82, 2.24) is 4.98 Å². The van der Waals surface area contributed by atoms with Gasteiger partial charge in [0, 0.05) is 71.3 Å². The second kappa shape index (κ2) is 15.6. The first kappa shape index (κ1) is 43.7. The number of nitrogens with zero attached hydrogens (tertiary/aromatic N) is 1. The summed E-state index contributed by atoms with van der Waals surface area (Å²) in [5, 5.41) is 4.40. The van der Waals surface area contributed by atoms with E-state index in [4.69, 9.17) is 4.98 Å². The standard InChI is InChI=1S/C37H69NP2Si6.Fe/c1-41(2,3)34(39(30-24-19-20-25-30)36(43(7,8)9)44(10,11)12)32-28-23-29-33(38-32)35(42(4,5)6)40(31-26-21-22-27-31)37(45(13,14)15)46(16,17)18;/h19-29,34-37H,1-18H3;/q-2;. The molecule has 2 aromatic carbocycles. The summed E-state index contributed by atoms with van der Waals surface area (Å²) >= 11 is 0. The summed E-state index contributed by atoms with van der Waals surface area (Å²) < 4.78 is 0. The van der Waals surface area contributed by atoms with Gasteiger partial charge in [0.25, 0.3) is 0 Å². The van der Waals surface area contributed by atoms with Crippen LogP contribution in [-0.4, -0.2) is 63.2 Å². The molecule has 0 aliphatic carbocycles. The maximum Gasteiger partial charge on any atom is 0.0583 e. The molecule has 4 atom stereocenters. The minimum absolute atomic E-state index is 0. The van der Waals surface area contributed by atoms with E-state index in [1.807, 2.05) is 0 Å². The van der Waals surface area contributed by atoms with Crippen LogP contribution in [0.2, 0.25) is 118 Å². The molecule has 3 rings (SSSR count). The first-order chi connectivity index (χ1) is 20.7. The minimum atomic E-state index is -1.69. The minimum Gasteiger partial charge on any atom is -0.257 e. The average Bonchev–Trinajstić information content (AvgIpc) is 3.53. The summed E-state index contributed by atoms with van der Waals surface area (Å²) in [7, 11) is -10.1. The Morgan fingerprint density at radius 3 is 0.894 bits per heavy atom. The average molecular weight is 814 g/mol. The van der Waals surface area contributed by atoms with Crippen LogP contribution in [0.4, 0.5) is 0 Å². The van der Waals surface area contributed by atoms with Gasteiger partial charge in [-0.15, -0.1) is 26.5 Å². The van der Waals surface area contributed by atoms with Crippen molar-refractivity contribution in [3.05, 3.63) is 78.1 Å². The molecule has 0 saturated carbocycles. The Morgan fingerprint density at radius 1 is 0.426 bits per heavy atom. The van der Waals surface area contributed by atoms with Crippen molar-refractivity contribution in [1.29, 1.82) is 0 Å². The van der Waals surface area contributed by atoms with E-state index in [0.717, 1.165) is 9.81 Å². The normalized spacial score (nSPS) is 16.6. The van der Waals surface area contributed by atoms with Gasteiger partial charge in [-0.05, 0) is 21.9 Å². The third kappa shape index (κ3) is 10.8. The summed E-state index contributed by atoms with van der Waals surface area (Å²) in [6.45, 7) is 47.9. The van der Waals surface area contributed by atoms with E-state index in [0.29, 0.717) is 10.6 Å². The summed E-state index contributed by atoms with van der Waals surface area (Å²) in [5.41, 5.74) is 2.87. The van der Waals surface area contributed by atoms with Crippen molar-refractivity contribution in [3.8, 4) is 0 Å². The molecule has 0 N–H and O–H groups in total. The van der Waals surface area contributed by atoms with Crippen LogP contribution in [-0.2, 0) is 17.1 Å². The van der Waals surface area contributed by atoms with Gasteiger partial charge in [-0.1, -0.05) is 124 Å². The van der Waals surface area contributed by atoms with Gasteiger partial charge >= 0.3 is 0 Å². The number of rotatable bonds is 14. The van der Waals surface area contributed by atoms with Gasteiger partial charge in [-0.3, -0.25) is 4.98 Å². The molecule has 10 heteroatoms. The number of aromatic nitrogens is 1. The molecule has 0 saturated heterocycles. The van der Waals surface area contributed by atoms with Gasteiger partial charge in [0.15, 0.2) is 0 Å². The monoisotopic (exact) mass is 813 g/mol. The van der Waals surface area contributed by atoms with Crippen molar-refractivity contribution in [2.24, 2.45) is 0 Å². The van der Waals surface area contributed by atoms with E-state index in [1.54, 1.807) is 10.6 Å². The van der Waals surface area contributed by atoms with Gasteiger partial charge in [0.2, 0.25) is 0 Å². The Morgan fingerprint density at radius 2 is 0.681 bits per heavy atom. The van der Waals surface area contributed by atoms with Crippen molar-refractivity contribution in [3.63, 3.8) is 0 Å². The molecular formula is C37H69FeNP2Si6-2. The maximum atomic E-state index is 6.02. The van der Waals surface area contributed by atoms with Gasteiger partial charge in [-0.25, -0.2) is 24.3 Å². The van der Waals surface area contributed by atoms with Crippen LogP contribution in [0.3, 0.4) is 0 Å². The van der Waals surface area contributed by atoms with E-state index in [9.17, 15) is 0 Å². The molecule has 0 radical (unpaired) electrons. The molecule has 0 fully saturated rings. The molecule has 4 unspecified atom stereocenters. The first-order valence-corrected chi connectivity index (χ1v) is 42.1. The van der Waals surface area contributed by atoms with Crippen LogP contribution in [0.1, 0.15) is 22.0 Å². The largest absolute Gasteiger partial charge is 0.257 e. The van der Waals surface area contributed by atoms with E-state index in [-0.39, 0.29) is 17.1 Å². The van der Waals surface area contributed by atoms with Crippen molar-refractivity contribution in [2.45, 2.75) is 138 Å². The van der Waals surface area contributed by atoms with Crippen LogP contribution in [0.25, 0.3) is 0 Å². The number of pyridine rings is 1.